The van der Waals surface area contributed by atoms with E-state index in [2.05, 4.69) is 342 Å². The van der Waals surface area contributed by atoms with Gasteiger partial charge in [-0.3, -0.25) is 0 Å². The minimum atomic E-state index is 0. The topological polar surface area (TPSA) is 108 Å². The first-order chi connectivity index (χ1) is 55.2. The molecule has 10 heterocycles. The normalized spacial score (nSPS) is 11.9. The number of aromatic nitrogens is 8. The Morgan fingerprint density at radius 2 is 0.443 bits per heavy atom. The monoisotopic (exact) mass is 1650 g/mol. The van der Waals surface area contributed by atoms with E-state index in [1.54, 1.807) is 0 Å². The largest absolute Gasteiger partial charge is 2.00 e. The van der Waals surface area contributed by atoms with Crippen LogP contribution in [0.4, 0.5) is 0 Å². The number of halogens is 1. The van der Waals surface area contributed by atoms with Crippen LogP contribution < -0.4 is 19.9 Å². The molecule has 544 valence electrons. The van der Waals surface area contributed by atoms with E-state index in [4.69, 9.17) is 41.2 Å². The molecule has 4 aliphatic rings. The Kier molecular flexibility index (Phi) is 20.3. The summed E-state index contributed by atoms with van der Waals surface area (Å²) in [5, 5.41) is 0. The van der Waals surface area contributed by atoms with Crippen LogP contribution >= 0.6 is 15.9 Å². The van der Waals surface area contributed by atoms with Crippen molar-refractivity contribution < 1.29 is 40.3 Å². The van der Waals surface area contributed by atoms with Crippen LogP contribution in [0, 0.1) is 107 Å². The number of hydrogen-bond donors (Lipinski definition) is 0. The van der Waals surface area contributed by atoms with Gasteiger partial charge in [0.15, 0.2) is 0 Å². The number of terminal acetylenes is 1. The Morgan fingerprint density at radius 3 is 0.661 bits per heavy atom. The average Bonchev–Trinajstić information content (AvgIpc) is 1.61. The molecule has 0 N–H and O–H groups in total. The second-order valence-corrected chi connectivity index (χ2v) is 31.3. The molecule has 8 nitrogen and oxygen atoms in total. The number of benzene rings is 8. The van der Waals surface area contributed by atoms with Crippen molar-refractivity contribution in [2.45, 2.75) is 83.1 Å². The molecule has 0 saturated heterocycles. The summed E-state index contributed by atoms with van der Waals surface area (Å²) in [7, 11) is 0. The first-order valence-corrected chi connectivity index (χ1v) is 39.0. The summed E-state index contributed by atoms with van der Waals surface area (Å²) in [6.07, 6.45) is 19.3. The van der Waals surface area contributed by atoms with E-state index >= 15 is 0 Å². The molecule has 18 rings (SSSR count). The molecule has 0 unspecified atom stereocenters. The zero-order valence-corrected chi connectivity index (χ0v) is 74.0. The Balaban J connectivity index is 0.00000505. The van der Waals surface area contributed by atoms with Gasteiger partial charge in [-0.05, 0) is 314 Å². The zero-order chi connectivity index (χ0) is 78.5. The van der Waals surface area contributed by atoms with E-state index in [1.807, 2.05) is 24.3 Å². The van der Waals surface area contributed by atoms with Gasteiger partial charge in [-0.2, -0.15) is 0 Å². The van der Waals surface area contributed by atoms with Crippen molar-refractivity contribution in [3.8, 4) is 113 Å². The maximum Gasteiger partial charge on any atom is 2.00 e. The SMILES string of the molecule is [3H]C#Cc1ccc(-c2c3nc(c(-c4c(C)cc(C)cc4C)c4ccc([n-]4)c(-c4ccc(C#Cc5ccc(-c6c7nc(c(-c8c(C)cc(C)cc8C)c8ccc([n-]8)c(-c8ccc(Br)cc8)c8nc(c(-c9c(C)cc(C)cc9C)c9ccc6[n-]9)C=C8)C=C7)cc5)cc4)c4nc(c(-c5c(C)cc(C)cc5C)c5ccc2[n-]5)C=C4)C=C3)cc1.[Zn+2].[Zn+2]. The van der Waals surface area contributed by atoms with Crippen molar-refractivity contribution in [3.05, 3.63) is 328 Å². The smallest absolute Gasteiger partial charge is 0.657 e. The van der Waals surface area contributed by atoms with Crippen LogP contribution in [0.25, 0.3) is 182 Å². The van der Waals surface area contributed by atoms with Gasteiger partial charge in [0.25, 0.3) is 0 Å². The molecule has 11 heteroatoms. The van der Waals surface area contributed by atoms with Crippen LogP contribution in [0.15, 0.2) is 199 Å². The minimum Gasteiger partial charge on any atom is -0.657 e. The second-order valence-electron chi connectivity index (χ2n) is 30.4. The first-order valence-electron chi connectivity index (χ1n) is 38.7. The fourth-order valence-electron chi connectivity index (χ4n) is 17.6. The molecule has 8 aromatic carbocycles. The van der Waals surface area contributed by atoms with Crippen LogP contribution in [0.5, 0.6) is 0 Å². The third-order valence-corrected chi connectivity index (χ3v) is 22.6. The molecular formula is C104H77BrN8Zn2. The van der Waals surface area contributed by atoms with E-state index in [0.717, 1.165) is 244 Å². The average molecular weight is 1650 g/mol. The standard InChI is InChI=1S/C104H77BrN8.2Zn/c1-14-69-17-23-72(24-18-69)97-77-33-41-85(106-77)101(93-61(6)49-57(2)50-62(93)7)87-43-35-79(108-87)98(80-36-44-88(109-80)102(86-42-34-78(97)107-86)94-63(8)51-58(3)52-64(94)9)73-25-19-70(20-26-73)15-16-71-21-27-74(28-22-71)99-81-37-45-89(110-81)103(95-65(10)53-59(4)54-66(95)11)91-47-39-83(112-91)100(75-29-31-76(105)32-30-75)84-40-48-92(113-84)104(90-46-38-82(99)111-90)96-67(12)55-60(5)56-68(96)13;;/h1,17-56H,2-13H3;;/q-4;2*+2/i1T;;. The molecule has 0 atom stereocenters. The van der Waals surface area contributed by atoms with Crippen LogP contribution in [-0.4, -0.2) is 19.9 Å². The molecular weight excluding hydrogens is 1570 g/mol. The maximum atomic E-state index is 7.63. The quantitative estimate of drug-likeness (QED) is 0.109. The van der Waals surface area contributed by atoms with Gasteiger partial charge in [0.1, 0.15) is 1.37 Å². The zero-order valence-electron chi connectivity index (χ0n) is 67.5. The van der Waals surface area contributed by atoms with Crippen molar-refractivity contribution in [2.24, 2.45) is 0 Å². The summed E-state index contributed by atoms with van der Waals surface area (Å²) in [6, 6.07) is 68.4. The number of nitrogens with zero attached hydrogens (tertiary/aromatic N) is 8. The van der Waals surface area contributed by atoms with Gasteiger partial charge in [0.05, 0.1) is 45.6 Å². The molecule has 115 heavy (non-hydrogen) atoms. The van der Waals surface area contributed by atoms with Crippen LogP contribution in [0.2, 0.25) is 0 Å². The van der Waals surface area contributed by atoms with Crippen LogP contribution in [-0.2, 0) is 39.0 Å². The Labute approximate surface area is 707 Å². The van der Waals surface area contributed by atoms with Gasteiger partial charge in [-0.15, -0.1) is 50.5 Å². The summed E-state index contributed by atoms with van der Waals surface area (Å²) in [5.74, 6) is 9.99. The Hall–Kier alpha value is -12.2. The molecule has 14 aromatic rings. The third-order valence-electron chi connectivity index (χ3n) is 22.1. The van der Waals surface area contributed by atoms with Gasteiger partial charge in [-0.25, -0.2) is 19.9 Å². The Morgan fingerprint density at radius 1 is 0.252 bits per heavy atom. The van der Waals surface area contributed by atoms with Gasteiger partial charge in [-0.1, -0.05) is 202 Å². The maximum absolute atomic E-state index is 7.63. The summed E-state index contributed by atoms with van der Waals surface area (Å²) in [6.45, 7) is 26.0. The predicted molar refractivity (Wildman–Crippen MR) is 476 cm³/mol. The van der Waals surface area contributed by atoms with Gasteiger partial charge in [0.2, 0.25) is 0 Å². The fourth-order valence-corrected chi connectivity index (χ4v) is 17.9. The number of hydrogen-bond acceptors (Lipinski definition) is 4. The molecule has 0 saturated carbocycles. The molecule has 0 spiro atoms. The molecule has 0 amide bonds. The van der Waals surface area contributed by atoms with Crippen molar-refractivity contribution in [1.82, 2.24) is 39.9 Å². The van der Waals surface area contributed by atoms with Gasteiger partial charge < -0.3 is 19.9 Å². The number of fused-ring (bicyclic) bond motifs is 16. The molecule has 4 aliphatic heterocycles. The summed E-state index contributed by atoms with van der Waals surface area (Å²) < 4.78 is 8.62. The van der Waals surface area contributed by atoms with E-state index in [-0.39, 0.29) is 39.0 Å². The summed E-state index contributed by atoms with van der Waals surface area (Å²) in [4.78, 5) is 45.0. The first kappa shape index (κ1) is 75.5. The van der Waals surface area contributed by atoms with Crippen LogP contribution in [0.1, 0.15) is 130 Å². The predicted octanol–water partition coefficient (Wildman–Crippen LogP) is 25.3. The molecule has 0 fully saturated rings. The van der Waals surface area contributed by atoms with Crippen molar-refractivity contribution >= 4 is 109 Å². The van der Waals surface area contributed by atoms with Crippen molar-refractivity contribution in [1.29, 1.82) is 0 Å². The molecule has 16 bridgehead atoms. The van der Waals surface area contributed by atoms with E-state index < -0.39 is 0 Å². The number of aryl methyl sites for hydroxylation is 12. The third kappa shape index (κ3) is 14.2. The van der Waals surface area contributed by atoms with Gasteiger partial charge in [0, 0.05) is 21.2 Å². The van der Waals surface area contributed by atoms with Crippen molar-refractivity contribution in [2.75, 3.05) is 0 Å². The molecule has 0 aliphatic carbocycles. The van der Waals surface area contributed by atoms with Gasteiger partial charge >= 0.3 is 39.0 Å². The fraction of sp³-hybridized carbons (Fsp3) is 0.115. The van der Waals surface area contributed by atoms with E-state index in [1.165, 1.54) is 22.3 Å². The summed E-state index contributed by atoms with van der Waals surface area (Å²) >= 11 is 3.71. The minimum absolute atomic E-state index is 0. The van der Waals surface area contributed by atoms with Crippen molar-refractivity contribution in [3.63, 3.8) is 0 Å². The number of rotatable bonds is 8. The second kappa shape index (κ2) is 31.0. The molecule has 0 radical (unpaired) electrons. The van der Waals surface area contributed by atoms with E-state index in [9.17, 15) is 0 Å². The van der Waals surface area contributed by atoms with Crippen LogP contribution in [0.3, 0.4) is 0 Å². The molecule has 6 aromatic heterocycles. The van der Waals surface area contributed by atoms with E-state index in [0.29, 0.717) is 0 Å². The Bertz CT molecular complexity index is 6890. The summed E-state index contributed by atoms with van der Waals surface area (Å²) in [5.41, 5.74) is 44.7.